The van der Waals surface area contributed by atoms with Gasteiger partial charge >= 0.3 is 5.97 Å². The largest absolute Gasteiger partial charge is 0.465 e. The molecule has 0 bridgehead atoms. The highest BCUT2D eigenvalue weighted by Crippen LogP contribution is 2.30. The first kappa shape index (κ1) is 22.4. The van der Waals surface area contributed by atoms with Crippen molar-refractivity contribution in [3.63, 3.8) is 0 Å². The highest BCUT2D eigenvalue weighted by Gasteiger charge is 2.29. The van der Waals surface area contributed by atoms with E-state index < -0.39 is 0 Å². The minimum Gasteiger partial charge on any atom is -0.465 e. The molecule has 0 radical (unpaired) electrons. The van der Waals surface area contributed by atoms with Crippen LogP contribution in [0.1, 0.15) is 104 Å². The van der Waals surface area contributed by atoms with Crippen LogP contribution in [0.25, 0.3) is 0 Å². The first-order valence-corrected chi connectivity index (χ1v) is 9.90. The van der Waals surface area contributed by atoms with Crippen LogP contribution in [0.4, 0.5) is 0 Å². The van der Waals surface area contributed by atoms with Gasteiger partial charge in [0.15, 0.2) is 0 Å². The third kappa shape index (κ3) is 11.6. The summed E-state index contributed by atoms with van der Waals surface area (Å²) in [6, 6.07) is 0. The van der Waals surface area contributed by atoms with E-state index in [-0.39, 0.29) is 18.0 Å². The van der Waals surface area contributed by atoms with Gasteiger partial charge in [0.2, 0.25) is 0 Å². The second-order valence-corrected chi connectivity index (χ2v) is 7.04. The van der Waals surface area contributed by atoms with Gasteiger partial charge in [-0.05, 0) is 19.3 Å². The maximum Gasteiger partial charge on any atom is 0.305 e. The normalized spacial score (nSPS) is 11.7. The van der Waals surface area contributed by atoms with E-state index >= 15 is 0 Å². The highest BCUT2D eigenvalue weighted by molar-refractivity contribution is 5.69. The van der Waals surface area contributed by atoms with Gasteiger partial charge in [0.05, 0.1) is 13.2 Å². The van der Waals surface area contributed by atoms with Crippen molar-refractivity contribution in [1.82, 2.24) is 0 Å². The fraction of sp³-hybridized carbons (Fsp3) is 0.950. The molecule has 0 aliphatic carbocycles. The number of hydrogen-bond acceptors (Lipinski definition) is 3. The van der Waals surface area contributed by atoms with Gasteiger partial charge in [-0.2, -0.15) is 0 Å². The van der Waals surface area contributed by atoms with Crippen LogP contribution in [0.5, 0.6) is 0 Å². The summed E-state index contributed by atoms with van der Waals surface area (Å²) in [4.78, 5) is 11.9. The molecule has 0 spiro atoms. The van der Waals surface area contributed by atoms with Crippen molar-refractivity contribution in [3.8, 4) is 0 Å². The Morgan fingerprint density at radius 1 is 0.826 bits per heavy atom. The Balaban J connectivity index is 3.79. The number of esters is 1. The van der Waals surface area contributed by atoms with Crippen molar-refractivity contribution in [1.29, 1.82) is 0 Å². The fourth-order valence-corrected chi connectivity index (χ4v) is 3.24. The molecule has 3 nitrogen and oxygen atoms in total. The van der Waals surface area contributed by atoms with Gasteiger partial charge in [0.1, 0.15) is 0 Å². The second kappa shape index (κ2) is 15.0. The molecule has 0 aromatic rings. The molecule has 0 unspecified atom stereocenters. The summed E-state index contributed by atoms with van der Waals surface area (Å²) in [6.45, 7) is 6.95. The predicted octanol–water partition coefficient (Wildman–Crippen LogP) is 5.64. The molecule has 0 saturated carbocycles. The van der Waals surface area contributed by atoms with Crippen molar-refractivity contribution in [2.24, 2.45) is 5.41 Å². The average molecular weight is 329 g/mol. The number of carbonyl (C=O) groups excluding carboxylic acids is 1. The van der Waals surface area contributed by atoms with Crippen LogP contribution < -0.4 is 0 Å². The van der Waals surface area contributed by atoms with Crippen molar-refractivity contribution in [2.45, 2.75) is 104 Å². The molecule has 23 heavy (non-hydrogen) atoms. The van der Waals surface area contributed by atoms with Crippen molar-refractivity contribution >= 4 is 5.97 Å². The molecule has 0 aliphatic heterocycles. The molecule has 0 rings (SSSR count). The number of rotatable bonds is 16. The predicted molar refractivity (Wildman–Crippen MR) is 97.5 cm³/mol. The lowest BCUT2D eigenvalue weighted by molar-refractivity contribution is -0.149. The first-order valence-electron chi connectivity index (χ1n) is 9.90. The molecule has 3 heteroatoms. The lowest BCUT2D eigenvalue weighted by atomic mass is 9.81. The number of carbonyl (C=O) groups is 1. The minimum absolute atomic E-state index is 0.0963. The quantitative estimate of drug-likeness (QED) is 0.294. The Kier molecular flexibility index (Phi) is 14.6. The molecular formula is C20H40O3. The molecule has 0 aliphatic rings. The van der Waals surface area contributed by atoms with Crippen LogP contribution in [0, 0.1) is 5.41 Å². The molecule has 0 aromatic heterocycles. The van der Waals surface area contributed by atoms with Crippen LogP contribution in [-0.4, -0.2) is 24.3 Å². The van der Waals surface area contributed by atoms with Gasteiger partial charge in [0, 0.05) is 11.8 Å². The van der Waals surface area contributed by atoms with Gasteiger partial charge in [-0.3, -0.25) is 4.79 Å². The fourth-order valence-electron chi connectivity index (χ4n) is 3.24. The number of aliphatic hydroxyl groups excluding tert-OH is 1. The Bertz CT molecular complexity index is 270. The van der Waals surface area contributed by atoms with Gasteiger partial charge < -0.3 is 9.84 Å². The van der Waals surface area contributed by atoms with Crippen molar-refractivity contribution in [2.75, 3.05) is 13.2 Å². The molecule has 1 N–H and O–H groups in total. The summed E-state index contributed by atoms with van der Waals surface area (Å²) in [5.74, 6) is -0.0963. The Hall–Kier alpha value is -0.570. The number of hydrogen-bond donors (Lipinski definition) is 1. The molecular weight excluding hydrogens is 288 g/mol. The first-order chi connectivity index (χ1) is 11.1. The van der Waals surface area contributed by atoms with E-state index in [9.17, 15) is 9.90 Å². The molecule has 0 amide bonds. The second-order valence-electron chi connectivity index (χ2n) is 7.04. The van der Waals surface area contributed by atoms with E-state index in [0.717, 1.165) is 38.5 Å². The van der Waals surface area contributed by atoms with Crippen LogP contribution in [0.3, 0.4) is 0 Å². The van der Waals surface area contributed by atoms with Crippen molar-refractivity contribution in [3.05, 3.63) is 0 Å². The maximum absolute atomic E-state index is 11.9. The van der Waals surface area contributed by atoms with E-state index in [1.807, 2.05) is 0 Å². The van der Waals surface area contributed by atoms with Crippen LogP contribution in [0.2, 0.25) is 0 Å². The number of ether oxygens (including phenoxy) is 1. The van der Waals surface area contributed by atoms with E-state index in [1.165, 1.54) is 38.5 Å². The Morgan fingerprint density at radius 3 is 1.83 bits per heavy atom. The van der Waals surface area contributed by atoms with E-state index in [2.05, 4.69) is 20.8 Å². The summed E-state index contributed by atoms with van der Waals surface area (Å²) < 4.78 is 5.46. The van der Waals surface area contributed by atoms with E-state index in [4.69, 9.17) is 4.74 Å². The zero-order chi connectivity index (χ0) is 17.4. The Labute approximate surface area is 144 Å². The molecule has 0 fully saturated rings. The smallest absolute Gasteiger partial charge is 0.305 e. The van der Waals surface area contributed by atoms with Gasteiger partial charge in [-0.15, -0.1) is 0 Å². The number of unbranched alkanes of at least 4 members (excludes halogenated alkanes) is 7. The lowest BCUT2D eigenvalue weighted by Gasteiger charge is -2.30. The summed E-state index contributed by atoms with van der Waals surface area (Å²) in [5, 5.41) is 9.70. The molecule has 138 valence electrons. The number of aliphatic hydroxyl groups is 1. The SMILES string of the molecule is CCCCCCCCCCC(=O)OCC(CO)(CCC)CCC. The van der Waals surface area contributed by atoms with Crippen LogP contribution >= 0.6 is 0 Å². The average Bonchev–Trinajstić information content (AvgIpc) is 2.55. The minimum atomic E-state index is -0.224. The van der Waals surface area contributed by atoms with Crippen molar-refractivity contribution < 1.29 is 14.6 Å². The standard InChI is InChI=1S/C20H40O3/c1-4-7-8-9-10-11-12-13-14-19(22)23-18-20(17-21,15-5-2)16-6-3/h21H,4-18H2,1-3H3. The van der Waals surface area contributed by atoms with Crippen LogP contribution in [-0.2, 0) is 9.53 Å². The molecule has 0 saturated heterocycles. The molecule has 0 atom stereocenters. The molecule has 0 aromatic carbocycles. The third-order valence-corrected chi connectivity index (χ3v) is 4.67. The summed E-state index contributed by atoms with van der Waals surface area (Å²) in [5.41, 5.74) is -0.224. The van der Waals surface area contributed by atoms with E-state index in [0.29, 0.717) is 13.0 Å². The van der Waals surface area contributed by atoms with Crippen LogP contribution in [0.15, 0.2) is 0 Å². The molecule has 0 heterocycles. The maximum atomic E-state index is 11.9. The topological polar surface area (TPSA) is 46.5 Å². The lowest BCUT2D eigenvalue weighted by Crippen LogP contribution is -2.32. The summed E-state index contributed by atoms with van der Waals surface area (Å²) in [7, 11) is 0. The zero-order valence-electron chi connectivity index (χ0n) is 15.9. The van der Waals surface area contributed by atoms with E-state index in [1.54, 1.807) is 0 Å². The highest BCUT2D eigenvalue weighted by atomic mass is 16.5. The van der Waals surface area contributed by atoms with Gasteiger partial charge in [-0.25, -0.2) is 0 Å². The van der Waals surface area contributed by atoms with Gasteiger partial charge in [0.25, 0.3) is 0 Å². The summed E-state index contributed by atoms with van der Waals surface area (Å²) in [6.07, 6.45) is 14.2. The summed E-state index contributed by atoms with van der Waals surface area (Å²) >= 11 is 0. The zero-order valence-corrected chi connectivity index (χ0v) is 15.9. The van der Waals surface area contributed by atoms with Gasteiger partial charge in [-0.1, -0.05) is 78.6 Å². The monoisotopic (exact) mass is 328 g/mol. The third-order valence-electron chi connectivity index (χ3n) is 4.67. The Morgan fingerprint density at radius 2 is 1.35 bits per heavy atom.